The Hall–Kier alpha value is -3.28. The Morgan fingerprint density at radius 1 is 1.00 bits per heavy atom. The van der Waals surface area contributed by atoms with E-state index >= 15 is 0 Å². The van der Waals surface area contributed by atoms with Gasteiger partial charge in [-0.3, -0.25) is 0 Å². The fraction of sp³-hybridized carbons (Fsp3) is 0. The Balaban J connectivity index is 1.79. The molecule has 6 heteroatoms. The molecule has 0 saturated heterocycles. The summed E-state index contributed by atoms with van der Waals surface area (Å²) < 4.78 is 19.0. The van der Waals surface area contributed by atoms with Crippen LogP contribution in [0.1, 0.15) is 10.4 Å². The van der Waals surface area contributed by atoms with Gasteiger partial charge in [-0.05, 0) is 36.4 Å². The van der Waals surface area contributed by atoms with Crippen molar-refractivity contribution in [1.82, 2.24) is 9.97 Å². The molecular formula is C17H11FN2O3. The minimum atomic E-state index is -1.08. The van der Waals surface area contributed by atoms with Gasteiger partial charge in [-0.25, -0.2) is 19.2 Å². The van der Waals surface area contributed by atoms with Crippen molar-refractivity contribution in [1.29, 1.82) is 0 Å². The summed E-state index contributed by atoms with van der Waals surface area (Å²) in [4.78, 5) is 18.8. The summed E-state index contributed by atoms with van der Waals surface area (Å²) >= 11 is 0. The van der Waals surface area contributed by atoms with Gasteiger partial charge in [0.15, 0.2) is 17.4 Å². The van der Waals surface area contributed by atoms with E-state index in [1.165, 1.54) is 24.5 Å². The lowest BCUT2D eigenvalue weighted by atomic mass is 10.2. The molecular weight excluding hydrogens is 299 g/mol. The first-order chi connectivity index (χ1) is 11.1. The number of aromatic carboxylic acids is 1. The maximum Gasteiger partial charge on any atom is 0.338 e. The molecule has 1 heterocycles. The van der Waals surface area contributed by atoms with Crippen molar-refractivity contribution in [2.45, 2.75) is 0 Å². The van der Waals surface area contributed by atoms with Crippen molar-refractivity contribution < 1.29 is 19.0 Å². The van der Waals surface area contributed by atoms with Gasteiger partial charge in [0.2, 0.25) is 0 Å². The molecule has 0 unspecified atom stereocenters. The average Bonchev–Trinajstić information content (AvgIpc) is 2.58. The van der Waals surface area contributed by atoms with Crippen molar-refractivity contribution in [2.24, 2.45) is 0 Å². The smallest absolute Gasteiger partial charge is 0.338 e. The second-order valence-electron chi connectivity index (χ2n) is 4.66. The zero-order valence-corrected chi connectivity index (χ0v) is 11.8. The standard InChI is InChI=1S/C17H11FN2O3/c18-14-3-1-2-4-15(14)23-13-7-5-11(6-8-13)16-19-9-12(10-20-16)17(21)22/h1-10H,(H,21,22). The highest BCUT2D eigenvalue weighted by atomic mass is 19.1. The number of benzene rings is 2. The number of carboxylic acid groups (broad SMARTS) is 1. The van der Waals surface area contributed by atoms with Gasteiger partial charge in [0, 0.05) is 18.0 Å². The monoisotopic (exact) mass is 310 g/mol. The average molecular weight is 310 g/mol. The van der Waals surface area contributed by atoms with Gasteiger partial charge < -0.3 is 9.84 Å². The molecule has 0 bridgehead atoms. The Morgan fingerprint density at radius 2 is 1.65 bits per heavy atom. The molecule has 0 aliphatic rings. The third-order valence-electron chi connectivity index (χ3n) is 3.08. The van der Waals surface area contributed by atoms with Crippen LogP contribution in [0, 0.1) is 5.82 Å². The van der Waals surface area contributed by atoms with E-state index in [0.717, 1.165) is 0 Å². The van der Waals surface area contributed by atoms with Crippen LogP contribution in [0.5, 0.6) is 11.5 Å². The van der Waals surface area contributed by atoms with E-state index in [2.05, 4.69) is 9.97 Å². The maximum atomic E-state index is 13.5. The number of hydrogen-bond donors (Lipinski definition) is 1. The lowest BCUT2D eigenvalue weighted by molar-refractivity contribution is 0.0696. The predicted molar refractivity (Wildman–Crippen MR) is 80.9 cm³/mol. The van der Waals surface area contributed by atoms with Crippen LogP contribution in [0.4, 0.5) is 4.39 Å². The topological polar surface area (TPSA) is 72.3 Å². The lowest BCUT2D eigenvalue weighted by Crippen LogP contribution is -1.99. The minimum absolute atomic E-state index is 0.0215. The largest absolute Gasteiger partial charge is 0.478 e. The van der Waals surface area contributed by atoms with Crippen molar-refractivity contribution >= 4 is 5.97 Å². The zero-order chi connectivity index (χ0) is 16.2. The maximum absolute atomic E-state index is 13.5. The number of carboxylic acids is 1. The Morgan fingerprint density at radius 3 is 2.26 bits per heavy atom. The normalized spacial score (nSPS) is 10.3. The molecule has 3 rings (SSSR count). The SMILES string of the molecule is O=C(O)c1cnc(-c2ccc(Oc3ccccc3F)cc2)nc1. The molecule has 0 aliphatic carbocycles. The van der Waals surface area contributed by atoms with E-state index in [1.807, 2.05) is 0 Å². The summed E-state index contributed by atoms with van der Waals surface area (Å²) in [5.41, 5.74) is 0.719. The number of carbonyl (C=O) groups is 1. The molecule has 0 fully saturated rings. The van der Waals surface area contributed by atoms with Crippen LogP contribution in [0.2, 0.25) is 0 Å². The summed E-state index contributed by atoms with van der Waals surface area (Å²) in [5, 5.41) is 8.82. The predicted octanol–water partition coefficient (Wildman–Crippen LogP) is 3.77. The van der Waals surface area contributed by atoms with Crippen molar-refractivity contribution in [3.05, 3.63) is 72.3 Å². The third kappa shape index (κ3) is 3.32. The van der Waals surface area contributed by atoms with E-state index in [9.17, 15) is 9.18 Å². The van der Waals surface area contributed by atoms with Crippen molar-refractivity contribution in [3.63, 3.8) is 0 Å². The second-order valence-corrected chi connectivity index (χ2v) is 4.66. The highest BCUT2D eigenvalue weighted by Crippen LogP contribution is 2.26. The number of halogens is 1. The van der Waals surface area contributed by atoms with E-state index in [0.29, 0.717) is 17.1 Å². The van der Waals surface area contributed by atoms with E-state index < -0.39 is 11.8 Å². The summed E-state index contributed by atoms with van der Waals surface area (Å²) in [5.74, 6) is -0.509. The molecule has 0 spiro atoms. The molecule has 0 atom stereocenters. The molecule has 114 valence electrons. The Bertz CT molecular complexity index is 833. The first-order valence-corrected chi connectivity index (χ1v) is 6.71. The van der Waals surface area contributed by atoms with Gasteiger partial charge in [0.05, 0.1) is 5.56 Å². The summed E-state index contributed by atoms with van der Waals surface area (Å²) in [7, 11) is 0. The molecule has 0 radical (unpaired) electrons. The van der Waals surface area contributed by atoms with Crippen LogP contribution >= 0.6 is 0 Å². The molecule has 0 amide bonds. The van der Waals surface area contributed by atoms with Crippen molar-refractivity contribution in [3.8, 4) is 22.9 Å². The molecule has 1 N–H and O–H groups in total. The summed E-state index contributed by atoms with van der Waals surface area (Å²) in [6, 6.07) is 12.9. The van der Waals surface area contributed by atoms with E-state index in [-0.39, 0.29) is 11.3 Å². The number of ether oxygens (including phenoxy) is 1. The molecule has 2 aromatic carbocycles. The third-order valence-corrected chi connectivity index (χ3v) is 3.08. The number of aromatic nitrogens is 2. The molecule has 3 aromatic rings. The molecule has 0 aliphatic heterocycles. The number of nitrogens with zero attached hydrogens (tertiary/aromatic N) is 2. The number of rotatable bonds is 4. The fourth-order valence-corrected chi connectivity index (χ4v) is 1.91. The highest BCUT2D eigenvalue weighted by molar-refractivity contribution is 5.86. The first-order valence-electron chi connectivity index (χ1n) is 6.71. The van der Waals surface area contributed by atoms with Crippen LogP contribution in [-0.4, -0.2) is 21.0 Å². The minimum Gasteiger partial charge on any atom is -0.478 e. The fourth-order valence-electron chi connectivity index (χ4n) is 1.91. The summed E-state index contributed by atoms with van der Waals surface area (Å²) in [6.45, 7) is 0. The molecule has 5 nitrogen and oxygen atoms in total. The first kappa shape index (κ1) is 14.6. The van der Waals surface area contributed by atoms with Gasteiger partial charge in [-0.2, -0.15) is 0 Å². The van der Waals surface area contributed by atoms with Crippen LogP contribution in [0.15, 0.2) is 60.9 Å². The Kier molecular flexibility index (Phi) is 3.97. The second kappa shape index (κ2) is 6.23. The van der Waals surface area contributed by atoms with Crippen LogP contribution in [0.25, 0.3) is 11.4 Å². The quantitative estimate of drug-likeness (QED) is 0.794. The van der Waals surface area contributed by atoms with Crippen LogP contribution in [-0.2, 0) is 0 Å². The van der Waals surface area contributed by atoms with Gasteiger partial charge in [-0.15, -0.1) is 0 Å². The van der Waals surface area contributed by atoms with Gasteiger partial charge in [-0.1, -0.05) is 12.1 Å². The van der Waals surface area contributed by atoms with Crippen LogP contribution in [0.3, 0.4) is 0 Å². The summed E-state index contributed by atoms with van der Waals surface area (Å²) in [6.07, 6.45) is 2.49. The molecule has 1 aromatic heterocycles. The Labute approximate surface area is 131 Å². The van der Waals surface area contributed by atoms with Gasteiger partial charge in [0.25, 0.3) is 0 Å². The molecule has 23 heavy (non-hydrogen) atoms. The van der Waals surface area contributed by atoms with Gasteiger partial charge >= 0.3 is 5.97 Å². The molecule has 0 saturated carbocycles. The lowest BCUT2D eigenvalue weighted by Gasteiger charge is -2.07. The highest BCUT2D eigenvalue weighted by Gasteiger charge is 2.07. The number of hydrogen-bond acceptors (Lipinski definition) is 4. The zero-order valence-electron chi connectivity index (χ0n) is 11.8. The van der Waals surface area contributed by atoms with Crippen LogP contribution < -0.4 is 4.74 Å². The van der Waals surface area contributed by atoms with E-state index in [4.69, 9.17) is 9.84 Å². The van der Waals surface area contributed by atoms with Crippen molar-refractivity contribution in [2.75, 3.05) is 0 Å². The van der Waals surface area contributed by atoms with Gasteiger partial charge in [0.1, 0.15) is 5.75 Å². The number of para-hydroxylation sites is 1. The van der Waals surface area contributed by atoms with E-state index in [1.54, 1.807) is 36.4 Å².